The third kappa shape index (κ3) is 4.54. The molecule has 0 atom stereocenters. The van der Waals surface area contributed by atoms with Gasteiger partial charge in [-0.2, -0.15) is 0 Å². The van der Waals surface area contributed by atoms with E-state index in [0.29, 0.717) is 17.1 Å². The van der Waals surface area contributed by atoms with Gasteiger partial charge in [0.1, 0.15) is 0 Å². The van der Waals surface area contributed by atoms with Gasteiger partial charge in [-0.05, 0) is 35.2 Å². The van der Waals surface area contributed by atoms with Crippen molar-refractivity contribution in [1.82, 2.24) is 10.9 Å². The van der Waals surface area contributed by atoms with Crippen LogP contribution < -0.4 is 25.1 Å². The first kappa shape index (κ1) is 21.1. The molecule has 2 rings (SSSR count). The molecule has 2 amide bonds. The van der Waals surface area contributed by atoms with Gasteiger partial charge in [0, 0.05) is 5.56 Å². The van der Waals surface area contributed by atoms with Gasteiger partial charge in [0.15, 0.2) is 11.5 Å². The average Bonchev–Trinajstić information content (AvgIpc) is 2.69. The molecular formula is C21H26N2O5. The Labute approximate surface area is 165 Å². The molecule has 2 aromatic rings. The monoisotopic (exact) mass is 386 g/mol. The van der Waals surface area contributed by atoms with Crippen LogP contribution in [0.1, 0.15) is 47.1 Å². The van der Waals surface area contributed by atoms with Gasteiger partial charge in [0.25, 0.3) is 11.8 Å². The summed E-state index contributed by atoms with van der Waals surface area (Å²) in [6.07, 6.45) is 0. The zero-order valence-corrected chi connectivity index (χ0v) is 17.0. The lowest BCUT2D eigenvalue weighted by atomic mass is 9.87. The summed E-state index contributed by atoms with van der Waals surface area (Å²) in [7, 11) is 4.36. The molecule has 150 valence electrons. The van der Waals surface area contributed by atoms with E-state index in [-0.39, 0.29) is 16.7 Å². The Hall–Kier alpha value is -3.22. The molecule has 0 bridgehead atoms. The summed E-state index contributed by atoms with van der Waals surface area (Å²) in [5.74, 6) is -0.0329. The smallest absolute Gasteiger partial charge is 0.273 e. The molecule has 0 unspecified atom stereocenters. The standard InChI is InChI=1S/C21H26N2O5/c1-21(2,3)14-9-7-13(8-10-14)19(24)22-23-20(25)15-11-12-16(26-4)18(28-6)17(15)27-5/h7-12H,1-6H3,(H,22,24)(H,23,25). The summed E-state index contributed by atoms with van der Waals surface area (Å²) in [6.45, 7) is 6.29. The van der Waals surface area contributed by atoms with Crippen LogP contribution in [-0.4, -0.2) is 33.1 Å². The van der Waals surface area contributed by atoms with Gasteiger partial charge < -0.3 is 14.2 Å². The summed E-state index contributed by atoms with van der Waals surface area (Å²) >= 11 is 0. The molecule has 0 aliphatic carbocycles. The molecule has 0 spiro atoms. The van der Waals surface area contributed by atoms with Crippen molar-refractivity contribution >= 4 is 11.8 Å². The SMILES string of the molecule is COc1ccc(C(=O)NNC(=O)c2ccc(C(C)(C)C)cc2)c(OC)c1OC. The van der Waals surface area contributed by atoms with E-state index in [4.69, 9.17) is 14.2 Å². The first-order chi connectivity index (χ1) is 13.2. The number of methoxy groups -OCH3 is 3. The molecule has 0 aromatic heterocycles. The number of benzene rings is 2. The van der Waals surface area contributed by atoms with Gasteiger partial charge in [0.05, 0.1) is 26.9 Å². The van der Waals surface area contributed by atoms with Gasteiger partial charge in [-0.1, -0.05) is 32.9 Å². The van der Waals surface area contributed by atoms with Crippen LogP contribution in [0.2, 0.25) is 0 Å². The van der Waals surface area contributed by atoms with E-state index < -0.39 is 11.8 Å². The Morgan fingerprint density at radius 1 is 0.750 bits per heavy atom. The Bertz CT molecular complexity index is 854. The second-order valence-corrected chi connectivity index (χ2v) is 7.12. The van der Waals surface area contributed by atoms with E-state index >= 15 is 0 Å². The number of hydrogen-bond donors (Lipinski definition) is 2. The third-order valence-electron chi connectivity index (χ3n) is 4.25. The fourth-order valence-electron chi connectivity index (χ4n) is 2.65. The highest BCUT2D eigenvalue weighted by molar-refractivity contribution is 6.01. The van der Waals surface area contributed by atoms with Crippen molar-refractivity contribution in [2.75, 3.05) is 21.3 Å². The Kier molecular flexibility index (Phi) is 6.51. The summed E-state index contributed by atoms with van der Waals surface area (Å²) in [6, 6.07) is 10.4. The minimum absolute atomic E-state index is 0.00675. The number of amides is 2. The van der Waals surface area contributed by atoms with Gasteiger partial charge in [-0.25, -0.2) is 0 Å². The molecule has 0 saturated heterocycles. The van der Waals surface area contributed by atoms with Crippen molar-refractivity contribution in [3.05, 3.63) is 53.1 Å². The highest BCUT2D eigenvalue weighted by atomic mass is 16.5. The molecule has 2 aromatic carbocycles. The molecule has 7 nitrogen and oxygen atoms in total. The zero-order valence-electron chi connectivity index (χ0n) is 17.0. The maximum Gasteiger partial charge on any atom is 0.273 e. The van der Waals surface area contributed by atoms with Gasteiger partial charge in [0.2, 0.25) is 5.75 Å². The lowest BCUT2D eigenvalue weighted by Crippen LogP contribution is -2.41. The Morgan fingerprint density at radius 3 is 1.82 bits per heavy atom. The molecule has 0 radical (unpaired) electrons. The van der Waals surface area contributed by atoms with Crippen molar-refractivity contribution in [3.8, 4) is 17.2 Å². The molecule has 28 heavy (non-hydrogen) atoms. The fourth-order valence-corrected chi connectivity index (χ4v) is 2.65. The van der Waals surface area contributed by atoms with Crippen LogP contribution in [0.15, 0.2) is 36.4 Å². The molecule has 0 aliphatic heterocycles. The van der Waals surface area contributed by atoms with E-state index in [0.717, 1.165) is 5.56 Å². The van der Waals surface area contributed by atoms with E-state index in [1.165, 1.54) is 27.4 Å². The third-order valence-corrected chi connectivity index (χ3v) is 4.25. The van der Waals surface area contributed by atoms with E-state index in [1.807, 2.05) is 12.1 Å². The highest BCUT2D eigenvalue weighted by Gasteiger charge is 2.21. The molecule has 7 heteroatoms. The summed E-state index contributed by atoms with van der Waals surface area (Å²) in [5.41, 5.74) is 6.54. The van der Waals surface area contributed by atoms with Crippen molar-refractivity contribution in [1.29, 1.82) is 0 Å². The van der Waals surface area contributed by atoms with Crippen molar-refractivity contribution in [3.63, 3.8) is 0 Å². The quantitative estimate of drug-likeness (QED) is 0.772. The number of carbonyl (C=O) groups is 2. The second kappa shape index (κ2) is 8.65. The zero-order chi connectivity index (χ0) is 20.9. The van der Waals surface area contributed by atoms with Crippen LogP contribution in [-0.2, 0) is 5.41 Å². The topological polar surface area (TPSA) is 85.9 Å². The predicted molar refractivity (Wildman–Crippen MR) is 106 cm³/mol. The number of hydrazine groups is 1. The number of nitrogens with one attached hydrogen (secondary N) is 2. The minimum Gasteiger partial charge on any atom is -0.493 e. The van der Waals surface area contributed by atoms with Gasteiger partial charge in [-0.3, -0.25) is 20.4 Å². The Balaban J connectivity index is 2.12. The largest absolute Gasteiger partial charge is 0.493 e. The normalized spacial score (nSPS) is 10.8. The van der Waals surface area contributed by atoms with Crippen LogP contribution in [0.5, 0.6) is 17.2 Å². The molecule has 0 aliphatic rings. The first-order valence-corrected chi connectivity index (χ1v) is 8.73. The lowest BCUT2D eigenvalue weighted by molar-refractivity contribution is 0.0844. The maximum absolute atomic E-state index is 12.5. The highest BCUT2D eigenvalue weighted by Crippen LogP contribution is 2.39. The minimum atomic E-state index is -0.544. The summed E-state index contributed by atoms with van der Waals surface area (Å²) in [5, 5.41) is 0. The molecular weight excluding hydrogens is 360 g/mol. The predicted octanol–water partition coefficient (Wildman–Crippen LogP) is 3.08. The van der Waals surface area contributed by atoms with Crippen LogP contribution in [0, 0.1) is 0 Å². The summed E-state index contributed by atoms with van der Waals surface area (Å²) < 4.78 is 15.8. The molecule has 0 fully saturated rings. The average molecular weight is 386 g/mol. The van der Waals surface area contributed by atoms with Crippen LogP contribution >= 0.6 is 0 Å². The summed E-state index contributed by atoms with van der Waals surface area (Å²) in [4.78, 5) is 24.8. The Morgan fingerprint density at radius 2 is 1.32 bits per heavy atom. The van der Waals surface area contributed by atoms with Crippen LogP contribution in [0.25, 0.3) is 0 Å². The lowest BCUT2D eigenvalue weighted by Gasteiger charge is -2.19. The van der Waals surface area contributed by atoms with E-state index in [9.17, 15) is 9.59 Å². The van der Waals surface area contributed by atoms with Crippen molar-refractivity contribution in [2.24, 2.45) is 0 Å². The number of carbonyl (C=O) groups excluding carboxylic acids is 2. The number of rotatable bonds is 5. The van der Waals surface area contributed by atoms with E-state index in [1.54, 1.807) is 18.2 Å². The maximum atomic E-state index is 12.5. The van der Waals surface area contributed by atoms with Crippen molar-refractivity contribution in [2.45, 2.75) is 26.2 Å². The number of hydrogen-bond acceptors (Lipinski definition) is 5. The molecule has 2 N–H and O–H groups in total. The fraction of sp³-hybridized carbons (Fsp3) is 0.333. The molecule has 0 heterocycles. The first-order valence-electron chi connectivity index (χ1n) is 8.73. The molecule has 0 saturated carbocycles. The van der Waals surface area contributed by atoms with E-state index in [2.05, 4.69) is 31.6 Å². The van der Waals surface area contributed by atoms with Gasteiger partial charge >= 0.3 is 0 Å². The van der Waals surface area contributed by atoms with Crippen LogP contribution in [0.4, 0.5) is 0 Å². The van der Waals surface area contributed by atoms with Crippen LogP contribution in [0.3, 0.4) is 0 Å². The van der Waals surface area contributed by atoms with Gasteiger partial charge in [-0.15, -0.1) is 0 Å². The second-order valence-electron chi connectivity index (χ2n) is 7.12. The number of ether oxygens (including phenoxy) is 3. The van der Waals surface area contributed by atoms with Crippen molar-refractivity contribution < 1.29 is 23.8 Å².